The summed E-state index contributed by atoms with van der Waals surface area (Å²) >= 11 is 1.43. The first-order valence-electron chi connectivity index (χ1n) is 8.77. The van der Waals surface area contributed by atoms with Crippen molar-refractivity contribution in [2.75, 3.05) is 5.32 Å². The first-order chi connectivity index (χ1) is 12.7. The molecule has 0 unspecified atom stereocenters. The Hall–Kier alpha value is -2.73. The Morgan fingerprint density at radius 1 is 1.08 bits per heavy atom. The Kier molecular flexibility index (Phi) is 3.53. The van der Waals surface area contributed by atoms with E-state index in [2.05, 4.69) is 5.32 Å². The molecule has 1 amide bonds. The van der Waals surface area contributed by atoms with E-state index in [0.29, 0.717) is 16.3 Å². The zero-order chi connectivity index (χ0) is 17.6. The fourth-order valence-corrected chi connectivity index (χ4v) is 4.43. The molecule has 1 fully saturated rings. The molecule has 5 rings (SSSR count). The lowest BCUT2D eigenvalue weighted by Crippen LogP contribution is -2.34. The molecule has 2 aromatic heterocycles. The predicted molar refractivity (Wildman–Crippen MR) is 100 cm³/mol. The highest BCUT2D eigenvalue weighted by atomic mass is 32.1. The Balaban J connectivity index is 1.37. The molecular weight excluding hydrogens is 348 g/mol. The van der Waals surface area contributed by atoms with E-state index >= 15 is 0 Å². The summed E-state index contributed by atoms with van der Waals surface area (Å²) < 4.78 is 14.0. The standard InChI is InChI=1S/C20H18N2O3S/c23-19(18-15(7-12-26-18)22-10-3-4-11-22)21-14-5-6-16-17(13-14)25-20(24-16)8-1-2-9-20/h3-7,10-13H,1-2,8-9H2,(H,21,23). The second-order valence-corrected chi connectivity index (χ2v) is 7.58. The molecule has 2 aliphatic rings. The average Bonchev–Trinajstić information content (AvgIpc) is 3.42. The number of hydrogen-bond acceptors (Lipinski definition) is 4. The molecule has 1 saturated carbocycles. The normalized spacial score (nSPS) is 16.9. The number of benzene rings is 1. The second-order valence-electron chi connectivity index (χ2n) is 6.66. The van der Waals surface area contributed by atoms with Crippen LogP contribution in [0, 0.1) is 0 Å². The van der Waals surface area contributed by atoms with Gasteiger partial charge in [0.05, 0.1) is 5.69 Å². The Bertz CT molecular complexity index is 955. The minimum atomic E-state index is -0.486. The highest BCUT2D eigenvalue weighted by Gasteiger charge is 2.44. The van der Waals surface area contributed by atoms with Gasteiger partial charge in [-0.25, -0.2) is 0 Å². The Labute approximate surface area is 155 Å². The van der Waals surface area contributed by atoms with Gasteiger partial charge in [0, 0.05) is 37.0 Å². The van der Waals surface area contributed by atoms with Gasteiger partial charge >= 0.3 is 0 Å². The second kappa shape index (κ2) is 5.92. The van der Waals surface area contributed by atoms with Crippen LogP contribution in [0.3, 0.4) is 0 Å². The smallest absolute Gasteiger partial charge is 0.267 e. The van der Waals surface area contributed by atoms with Crippen LogP contribution in [-0.2, 0) is 0 Å². The van der Waals surface area contributed by atoms with E-state index in [9.17, 15) is 4.79 Å². The number of rotatable bonds is 3. The molecule has 0 radical (unpaired) electrons. The van der Waals surface area contributed by atoms with Gasteiger partial charge in [-0.3, -0.25) is 4.79 Å². The summed E-state index contributed by atoms with van der Waals surface area (Å²) in [4.78, 5) is 13.4. The van der Waals surface area contributed by atoms with Gasteiger partial charge < -0.3 is 19.4 Å². The van der Waals surface area contributed by atoms with Crippen molar-refractivity contribution in [3.05, 3.63) is 59.0 Å². The van der Waals surface area contributed by atoms with Gasteiger partial charge in [0.25, 0.3) is 11.7 Å². The predicted octanol–water partition coefficient (Wildman–Crippen LogP) is 4.83. The SMILES string of the molecule is O=C(Nc1ccc2c(c1)OC1(CCCC1)O2)c1sccc1-n1cccc1. The van der Waals surface area contributed by atoms with E-state index in [4.69, 9.17) is 9.47 Å². The van der Waals surface area contributed by atoms with Crippen molar-refractivity contribution in [1.29, 1.82) is 0 Å². The van der Waals surface area contributed by atoms with Crippen molar-refractivity contribution in [2.24, 2.45) is 0 Å². The number of thiophene rings is 1. The molecule has 6 heteroatoms. The van der Waals surface area contributed by atoms with Crippen LogP contribution in [0.4, 0.5) is 5.69 Å². The highest BCUT2D eigenvalue weighted by Crippen LogP contribution is 2.47. The van der Waals surface area contributed by atoms with E-state index in [-0.39, 0.29) is 5.91 Å². The zero-order valence-corrected chi connectivity index (χ0v) is 14.9. The molecule has 3 aromatic rings. The van der Waals surface area contributed by atoms with Crippen molar-refractivity contribution in [2.45, 2.75) is 31.5 Å². The number of amides is 1. The molecule has 1 spiro atoms. The summed E-state index contributed by atoms with van der Waals surface area (Å²) in [5, 5.41) is 4.90. The number of ether oxygens (including phenoxy) is 2. The fourth-order valence-electron chi connectivity index (χ4n) is 3.65. The summed E-state index contributed by atoms with van der Waals surface area (Å²) in [5.74, 6) is 0.856. The maximum atomic E-state index is 12.8. The monoisotopic (exact) mass is 366 g/mol. The van der Waals surface area contributed by atoms with Gasteiger partial charge in [-0.2, -0.15) is 0 Å². The van der Waals surface area contributed by atoms with E-state index in [1.807, 2.05) is 58.7 Å². The van der Waals surface area contributed by atoms with Gasteiger partial charge in [-0.05, 0) is 48.6 Å². The van der Waals surface area contributed by atoms with Crippen LogP contribution in [0.2, 0.25) is 0 Å². The molecular formula is C20H18N2O3S. The van der Waals surface area contributed by atoms with Gasteiger partial charge in [0.1, 0.15) is 4.88 Å². The fraction of sp³-hybridized carbons (Fsp3) is 0.250. The van der Waals surface area contributed by atoms with Gasteiger partial charge in [-0.15, -0.1) is 11.3 Å². The summed E-state index contributed by atoms with van der Waals surface area (Å²) in [7, 11) is 0. The third-order valence-corrected chi connectivity index (χ3v) is 5.79. The number of carbonyl (C=O) groups is 1. The summed E-state index contributed by atoms with van der Waals surface area (Å²) in [5.41, 5.74) is 1.59. The van der Waals surface area contributed by atoms with Crippen LogP contribution in [-0.4, -0.2) is 16.3 Å². The molecule has 132 valence electrons. The molecule has 0 saturated heterocycles. The lowest BCUT2D eigenvalue weighted by atomic mass is 10.2. The number of carbonyl (C=O) groups excluding carboxylic acids is 1. The van der Waals surface area contributed by atoms with E-state index < -0.39 is 5.79 Å². The number of nitrogens with one attached hydrogen (secondary N) is 1. The first-order valence-corrected chi connectivity index (χ1v) is 9.65. The van der Waals surface area contributed by atoms with Crippen LogP contribution in [0.25, 0.3) is 5.69 Å². The number of fused-ring (bicyclic) bond motifs is 1. The van der Waals surface area contributed by atoms with Crippen molar-refractivity contribution in [1.82, 2.24) is 4.57 Å². The average molecular weight is 366 g/mol. The molecule has 1 N–H and O–H groups in total. The third-order valence-electron chi connectivity index (χ3n) is 4.89. The van der Waals surface area contributed by atoms with Crippen molar-refractivity contribution < 1.29 is 14.3 Å². The molecule has 1 aromatic carbocycles. The number of aromatic nitrogens is 1. The lowest BCUT2D eigenvalue weighted by Gasteiger charge is -2.21. The highest BCUT2D eigenvalue weighted by molar-refractivity contribution is 7.12. The molecule has 3 heterocycles. The van der Waals surface area contributed by atoms with E-state index in [1.54, 1.807) is 0 Å². The molecule has 26 heavy (non-hydrogen) atoms. The van der Waals surface area contributed by atoms with Crippen molar-refractivity contribution in [3.63, 3.8) is 0 Å². The van der Waals surface area contributed by atoms with Gasteiger partial charge in [0.2, 0.25) is 0 Å². The molecule has 0 atom stereocenters. The maximum Gasteiger partial charge on any atom is 0.267 e. The van der Waals surface area contributed by atoms with Crippen LogP contribution < -0.4 is 14.8 Å². The zero-order valence-electron chi connectivity index (χ0n) is 14.1. The van der Waals surface area contributed by atoms with Gasteiger partial charge in [0.15, 0.2) is 11.5 Å². The van der Waals surface area contributed by atoms with E-state index in [0.717, 1.165) is 37.1 Å². The van der Waals surface area contributed by atoms with Crippen molar-refractivity contribution in [3.8, 4) is 17.2 Å². The van der Waals surface area contributed by atoms with Crippen LogP contribution in [0.1, 0.15) is 35.4 Å². The van der Waals surface area contributed by atoms with Crippen molar-refractivity contribution >= 4 is 22.9 Å². The molecule has 1 aliphatic heterocycles. The summed E-state index contributed by atoms with van der Waals surface area (Å²) in [6.07, 6.45) is 7.94. The van der Waals surface area contributed by atoms with Gasteiger partial charge in [-0.1, -0.05) is 0 Å². The number of anilines is 1. The molecule has 0 bridgehead atoms. The summed E-state index contributed by atoms with van der Waals surface area (Å²) in [6.45, 7) is 0. The lowest BCUT2D eigenvalue weighted by molar-refractivity contribution is -0.0716. The number of hydrogen-bond donors (Lipinski definition) is 1. The van der Waals surface area contributed by atoms with E-state index in [1.165, 1.54) is 11.3 Å². The number of nitrogens with zero attached hydrogens (tertiary/aromatic N) is 1. The topological polar surface area (TPSA) is 52.5 Å². The largest absolute Gasteiger partial charge is 0.448 e. The third kappa shape index (κ3) is 2.57. The first kappa shape index (κ1) is 15.5. The quantitative estimate of drug-likeness (QED) is 0.722. The maximum absolute atomic E-state index is 12.8. The van der Waals surface area contributed by atoms with Crippen LogP contribution in [0.5, 0.6) is 11.5 Å². The Morgan fingerprint density at radius 2 is 1.85 bits per heavy atom. The summed E-state index contributed by atoms with van der Waals surface area (Å²) in [6, 6.07) is 11.4. The molecule has 1 aliphatic carbocycles. The van der Waals surface area contributed by atoms with Crippen LogP contribution >= 0.6 is 11.3 Å². The Morgan fingerprint density at radius 3 is 2.65 bits per heavy atom. The van der Waals surface area contributed by atoms with Crippen LogP contribution in [0.15, 0.2) is 54.2 Å². The minimum Gasteiger partial charge on any atom is -0.448 e. The molecule has 5 nitrogen and oxygen atoms in total. The minimum absolute atomic E-state index is 0.127.